The fourth-order valence-corrected chi connectivity index (χ4v) is 7.09. The lowest BCUT2D eigenvalue weighted by atomic mass is 10.1. The molecule has 2 unspecified atom stereocenters. The minimum atomic E-state index is -0.480. The van der Waals surface area contributed by atoms with Gasteiger partial charge in [-0.15, -0.1) is 0 Å². The van der Waals surface area contributed by atoms with Crippen LogP contribution in [0, 0.1) is 0 Å². The normalized spacial score (nSPS) is 15.3. The van der Waals surface area contributed by atoms with Gasteiger partial charge in [0.1, 0.15) is 6.61 Å². The lowest BCUT2D eigenvalue weighted by molar-refractivity contribution is -0.160. The van der Waals surface area contributed by atoms with Crippen LogP contribution in [0.15, 0.2) is 47.7 Å². The maximum absolute atomic E-state index is 12.9. The summed E-state index contributed by atoms with van der Waals surface area (Å²) in [5.41, 5.74) is 2.38. The Kier molecular flexibility index (Phi) is 31.6. The molecule has 0 fully saturated rings. The van der Waals surface area contributed by atoms with Crippen LogP contribution in [-0.2, 0) is 19.1 Å². The highest BCUT2D eigenvalue weighted by Gasteiger charge is 2.24. The Labute approximate surface area is 322 Å². The molecule has 5 heteroatoms. The molecule has 0 N–H and O–H groups in total. The number of nitrogens with zero attached hydrogens (tertiary/aromatic N) is 1. The summed E-state index contributed by atoms with van der Waals surface area (Å²) >= 11 is 0. The minimum Gasteiger partial charge on any atom is -0.462 e. The molecule has 0 bridgehead atoms. The van der Waals surface area contributed by atoms with E-state index < -0.39 is 6.10 Å². The van der Waals surface area contributed by atoms with Gasteiger partial charge < -0.3 is 14.4 Å². The Morgan fingerprint density at radius 2 is 1.02 bits per heavy atom. The van der Waals surface area contributed by atoms with Crippen LogP contribution in [-0.4, -0.2) is 42.1 Å². The third-order valence-corrected chi connectivity index (χ3v) is 10.3. The number of unbranched alkanes of at least 4 members (excludes halogenated alkanes) is 22. The van der Waals surface area contributed by atoms with Gasteiger partial charge in [-0.1, -0.05) is 153 Å². The molecule has 300 valence electrons. The topological polar surface area (TPSA) is 55.8 Å². The maximum atomic E-state index is 12.9. The van der Waals surface area contributed by atoms with E-state index in [1.807, 2.05) is 0 Å². The molecular weight excluding hydrogens is 643 g/mol. The van der Waals surface area contributed by atoms with Gasteiger partial charge in [-0.2, -0.15) is 0 Å². The number of carbonyl (C=O) groups is 2. The van der Waals surface area contributed by atoms with Gasteiger partial charge in [0.15, 0.2) is 6.10 Å². The summed E-state index contributed by atoms with van der Waals surface area (Å²) in [5.74, 6) is -0.375. The second-order valence-corrected chi connectivity index (χ2v) is 15.6. The van der Waals surface area contributed by atoms with Crippen molar-refractivity contribution in [3.63, 3.8) is 0 Å². The fourth-order valence-electron chi connectivity index (χ4n) is 7.09. The predicted octanol–water partition coefficient (Wildman–Crippen LogP) is 14.1. The van der Waals surface area contributed by atoms with Crippen LogP contribution in [0.5, 0.6) is 0 Å². The molecule has 0 spiro atoms. The molecule has 52 heavy (non-hydrogen) atoms. The summed E-state index contributed by atoms with van der Waals surface area (Å²) < 4.78 is 11.7. The molecule has 0 aliphatic carbocycles. The molecule has 0 radical (unpaired) electrons. The smallest absolute Gasteiger partial charge is 0.306 e. The van der Waals surface area contributed by atoms with Crippen molar-refractivity contribution in [2.75, 3.05) is 13.2 Å². The molecule has 1 aliphatic rings. The zero-order chi connectivity index (χ0) is 37.9. The Hall–Kier alpha value is -2.30. The zero-order valence-electron chi connectivity index (χ0n) is 34.9. The van der Waals surface area contributed by atoms with Crippen molar-refractivity contribution in [3.05, 3.63) is 47.7 Å². The van der Waals surface area contributed by atoms with E-state index in [1.165, 1.54) is 121 Å². The molecule has 5 nitrogen and oxygen atoms in total. The van der Waals surface area contributed by atoms with E-state index in [-0.39, 0.29) is 24.6 Å². The van der Waals surface area contributed by atoms with Crippen molar-refractivity contribution in [2.45, 2.75) is 227 Å². The van der Waals surface area contributed by atoms with Gasteiger partial charge in [0.25, 0.3) is 0 Å². The van der Waals surface area contributed by atoms with E-state index >= 15 is 0 Å². The summed E-state index contributed by atoms with van der Waals surface area (Å²) in [4.78, 5) is 27.8. The third-order valence-electron chi connectivity index (χ3n) is 10.3. The van der Waals surface area contributed by atoms with E-state index in [9.17, 15) is 9.59 Å². The van der Waals surface area contributed by atoms with Crippen molar-refractivity contribution in [3.8, 4) is 0 Å². The van der Waals surface area contributed by atoms with Crippen LogP contribution in [0.3, 0.4) is 0 Å². The highest BCUT2D eigenvalue weighted by molar-refractivity contribution is 5.70. The average Bonchev–Trinajstić information content (AvgIpc) is 3.11. The van der Waals surface area contributed by atoms with E-state index in [2.05, 4.69) is 76.0 Å². The number of hydrogen-bond donors (Lipinski definition) is 0. The summed E-state index contributed by atoms with van der Waals surface area (Å²) in [6.45, 7) is 11.5. The first-order valence-corrected chi connectivity index (χ1v) is 22.2. The maximum Gasteiger partial charge on any atom is 0.306 e. The van der Waals surface area contributed by atoms with Gasteiger partial charge in [0.05, 0.1) is 6.54 Å². The Balaban J connectivity index is 2.27. The SMILES string of the molecule is CCCCCCCC/C=C\CCCCCCCC(=O)OCC(CN1C(C)=CC(C)=CC1C)OC(=O)CCCCCCC/C=C\CCCCCCCC. The summed E-state index contributed by atoms with van der Waals surface area (Å²) in [5, 5.41) is 0. The van der Waals surface area contributed by atoms with Crippen LogP contribution in [0.2, 0.25) is 0 Å². The fraction of sp³-hybridized carbons (Fsp3) is 0.787. The lowest BCUT2D eigenvalue weighted by Gasteiger charge is -2.36. The summed E-state index contributed by atoms with van der Waals surface area (Å²) in [6.07, 6.45) is 46.2. The molecule has 2 atom stereocenters. The number of carbonyl (C=O) groups excluding carboxylic acids is 2. The monoisotopic (exact) mass is 726 g/mol. The molecule has 0 saturated carbocycles. The molecule has 1 rings (SSSR count). The second kappa shape index (κ2) is 34.5. The molecule has 1 heterocycles. The van der Waals surface area contributed by atoms with Crippen molar-refractivity contribution in [1.82, 2.24) is 4.90 Å². The van der Waals surface area contributed by atoms with Crippen LogP contribution in [0.4, 0.5) is 0 Å². The van der Waals surface area contributed by atoms with Crippen molar-refractivity contribution in [1.29, 1.82) is 0 Å². The molecule has 1 aliphatic heterocycles. The average molecular weight is 726 g/mol. The molecule has 0 amide bonds. The van der Waals surface area contributed by atoms with Crippen LogP contribution in [0.25, 0.3) is 0 Å². The minimum absolute atomic E-state index is 0.112. The Morgan fingerprint density at radius 1 is 0.615 bits per heavy atom. The number of hydrogen-bond acceptors (Lipinski definition) is 5. The first-order valence-electron chi connectivity index (χ1n) is 22.2. The molecule has 0 aromatic carbocycles. The first kappa shape index (κ1) is 47.7. The summed E-state index contributed by atoms with van der Waals surface area (Å²) in [6, 6.07) is 0.197. The van der Waals surface area contributed by atoms with Gasteiger partial charge in [-0.3, -0.25) is 9.59 Å². The van der Waals surface area contributed by atoms with E-state index in [0.717, 1.165) is 57.1 Å². The van der Waals surface area contributed by atoms with Gasteiger partial charge in [-0.05, 0) is 91.1 Å². The van der Waals surface area contributed by atoms with Crippen LogP contribution < -0.4 is 0 Å². The quantitative estimate of drug-likeness (QED) is 0.0370. The van der Waals surface area contributed by atoms with Gasteiger partial charge in [0, 0.05) is 24.6 Å². The molecule has 0 aromatic heterocycles. The van der Waals surface area contributed by atoms with E-state index in [4.69, 9.17) is 9.47 Å². The number of allylic oxidation sites excluding steroid dienone is 7. The van der Waals surface area contributed by atoms with Crippen molar-refractivity contribution < 1.29 is 19.1 Å². The zero-order valence-corrected chi connectivity index (χ0v) is 34.9. The summed E-state index contributed by atoms with van der Waals surface area (Å²) in [7, 11) is 0. The lowest BCUT2D eigenvalue weighted by Crippen LogP contribution is -2.42. The van der Waals surface area contributed by atoms with Crippen molar-refractivity contribution >= 4 is 11.9 Å². The third kappa shape index (κ3) is 28.2. The number of esters is 2. The van der Waals surface area contributed by atoms with Gasteiger partial charge in [-0.25, -0.2) is 0 Å². The second-order valence-electron chi connectivity index (χ2n) is 15.6. The molecular formula is C47H83NO4. The van der Waals surface area contributed by atoms with Crippen LogP contribution >= 0.6 is 0 Å². The first-order chi connectivity index (χ1) is 25.4. The molecule has 0 saturated heterocycles. The predicted molar refractivity (Wildman–Crippen MR) is 223 cm³/mol. The Bertz CT molecular complexity index is 995. The van der Waals surface area contributed by atoms with E-state index in [0.29, 0.717) is 19.4 Å². The van der Waals surface area contributed by atoms with Gasteiger partial charge in [0.2, 0.25) is 0 Å². The van der Waals surface area contributed by atoms with E-state index in [1.54, 1.807) is 0 Å². The number of ether oxygens (including phenoxy) is 2. The standard InChI is InChI=1S/C47H83NO4/c1-6-8-10-12-14-16-18-20-22-24-26-28-30-32-34-36-46(49)51-41-45(40-48-43(4)38-42(3)39-44(48)5)52-47(50)37-35-33-31-29-27-25-23-21-19-17-15-13-11-9-7-2/h20-23,38-39,43,45H,6-19,24-37,40-41H2,1-5H3/b22-20-,23-21-. The van der Waals surface area contributed by atoms with Crippen molar-refractivity contribution in [2.24, 2.45) is 0 Å². The highest BCUT2D eigenvalue weighted by atomic mass is 16.6. The molecule has 0 aromatic rings. The van der Waals surface area contributed by atoms with Crippen LogP contribution in [0.1, 0.15) is 214 Å². The van der Waals surface area contributed by atoms with Gasteiger partial charge >= 0.3 is 11.9 Å². The highest BCUT2D eigenvalue weighted by Crippen LogP contribution is 2.21. The number of rotatable bonds is 35. The largest absolute Gasteiger partial charge is 0.462 e. The Morgan fingerprint density at radius 3 is 1.46 bits per heavy atom.